The molecule has 3 rings (SSSR count). The fourth-order valence-corrected chi connectivity index (χ4v) is 4.33. The summed E-state index contributed by atoms with van der Waals surface area (Å²) in [5, 5.41) is 9.91. The van der Waals surface area contributed by atoms with Crippen molar-refractivity contribution in [1.29, 1.82) is 0 Å². The first kappa shape index (κ1) is 18.5. The summed E-state index contributed by atoms with van der Waals surface area (Å²) in [6.45, 7) is 4.02. The van der Waals surface area contributed by atoms with E-state index in [4.69, 9.17) is 19.9 Å². The number of benzene rings is 1. The molecule has 0 bridgehead atoms. The fourth-order valence-electron chi connectivity index (χ4n) is 4.33. The number of methoxy groups -OCH3 is 2. The van der Waals surface area contributed by atoms with Crippen LogP contribution in [0.15, 0.2) is 18.2 Å². The highest BCUT2D eigenvalue weighted by molar-refractivity contribution is 5.40. The van der Waals surface area contributed by atoms with Crippen molar-refractivity contribution < 1.29 is 19.3 Å². The Balaban J connectivity index is 1.74. The summed E-state index contributed by atoms with van der Waals surface area (Å²) in [5.41, 5.74) is 7.60. The molecule has 2 atom stereocenters. The Labute approximate surface area is 149 Å². The maximum absolute atomic E-state index is 9.91. The zero-order valence-electron chi connectivity index (χ0n) is 15.2. The Bertz CT molecular complexity index is 577. The van der Waals surface area contributed by atoms with E-state index in [9.17, 15) is 5.11 Å². The normalized spacial score (nSPS) is 28.2. The van der Waals surface area contributed by atoms with Gasteiger partial charge in [0.25, 0.3) is 0 Å². The molecule has 1 aromatic rings. The molecule has 0 spiro atoms. The summed E-state index contributed by atoms with van der Waals surface area (Å²) in [6, 6.07) is 5.89. The van der Waals surface area contributed by atoms with Crippen LogP contribution in [0.4, 0.5) is 0 Å². The molecular formula is C19H30N2O4. The fraction of sp³-hybridized carbons (Fsp3) is 0.684. The SMILES string of the molecule is COc1ccc(CN2CC(CO)C(N)(C3CCOCC3)C2)c(OC)c1. The van der Waals surface area contributed by atoms with Gasteiger partial charge in [0.1, 0.15) is 11.5 Å². The van der Waals surface area contributed by atoms with Crippen LogP contribution in [-0.4, -0.2) is 62.7 Å². The number of hydrogen-bond donors (Lipinski definition) is 2. The average molecular weight is 350 g/mol. The van der Waals surface area contributed by atoms with E-state index in [1.807, 2.05) is 18.2 Å². The van der Waals surface area contributed by atoms with Crippen LogP contribution in [0.3, 0.4) is 0 Å². The zero-order chi connectivity index (χ0) is 17.9. The van der Waals surface area contributed by atoms with Gasteiger partial charge in [-0.15, -0.1) is 0 Å². The smallest absolute Gasteiger partial charge is 0.127 e. The van der Waals surface area contributed by atoms with E-state index in [-0.39, 0.29) is 18.1 Å². The molecule has 140 valence electrons. The Morgan fingerprint density at radius 3 is 2.68 bits per heavy atom. The topological polar surface area (TPSA) is 77.2 Å². The number of hydrogen-bond acceptors (Lipinski definition) is 6. The van der Waals surface area contributed by atoms with Crippen LogP contribution >= 0.6 is 0 Å². The van der Waals surface area contributed by atoms with Gasteiger partial charge in [0.15, 0.2) is 0 Å². The Kier molecular flexibility index (Phi) is 5.84. The average Bonchev–Trinajstić information content (AvgIpc) is 2.99. The van der Waals surface area contributed by atoms with E-state index in [0.717, 1.165) is 62.8 Å². The second-order valence-corrected chi connectivity index (χ2v) is 7.23. The molecule has 0 radical (unpaired) electrons. The molecule has 2 aliphatic rings. The molecule has 1 aromatic carbocycles. The number of aliphatic hydroxyl groups excluding tert-OH is 1. The van der Waals surface area contributed by atoms with Gasteiger partial charge in [0.2, 0.25) is 0 Å². The maximum Gasteiger partial charge on any atom is 0.127 e. The molecule has 3 N–H and O–H groups in total. The molecule has 6 heteroatoms. The van der Waals surface area contributed by atoms with Crippen LogP contribution in [0.2, 0.25) is 0 Å². The van der Waals surface area contributed by atoms with Gasteiger partial charge >= 0.3 is 0 Å². The molecule has 0 aliphatic carbocycles. The van der Waals surface area contributed by atoms with Gasteiger partial charge in [0.05, 0.1) is 14.2 Å². The molecule has 2 saturated heterocycles. The molecule has 0 amide bonds. The number of likely N-dealkylation sites (tertiary alicyclic amines) is 1. The lowest BCUT2D eigenvalue weighted by atomic mass is 9.73. The number of aliphatic hydroxyl groups is 1. The summed E-state index contributed by atoms with van der Waals surface area (Å²) in [4.78, 5) is 2.33. The summed E-state index contributed by atoms with van der Waals surface area (Å²) in [5.74, 6) is 2.10. The van der Waals surface area contributed by atoms with Crippen molar-refractivity contribution in [3.05, 3.63) is 23.8 Å². The van der Waals surface area contributed by atoms with E-state index < -0.39 is 0 Å². The lowest BCUT2D eigenvalue weighted by molar-refractivity contribution is 0.0237. The number of nitrogens with zero attached hydrogens (tertiary/aromatic N) is 1. The Morgan fingerprint density at radius 2 is 2.04 bits per heavy atom. The zero-order valence-corrected chi connectivity index (χ0v) is 15.2. The molecule has 0 saturated carbocycles. The van der Waals surface area contributed by atoms with Gasteiger partial charge in [-0.3, -0.25) is 4.90 Å². The number of nitrogens with two attached hydrogens (primary N) is 1. The Hall–Kier alpha value is -1.34. The highest BCUT2D eigenvalue weighted by Gasteiger charge is 2.48. The highest BCUT2D eigenvalue weighted by Crippen LogP contribution is 2.38. The minimum Gasteiger partial charge on any atom is -0.497 e. The van der Waals surface area contributed by atoms with Crippen molar-refractivity contribution in [2.75, 3.05) is 47.1 Å². The molecule has 25 heavy (non-hydrogen) atoms. The van der Waals surface area contributed by atoms with Crippen molar-refractivity contribution in [1.82, 2.24) is 4.90 Å². The third-order valence-electron chi connectivity index (χ3n) is 5.83. The van der Waals surface area contributed by atoms with Gasteiger partial charge in [-0.2, -0.15) is 0 Å². The van der Waals surface area contributed by atoms with Crippen LogP contribution < -0.4 is 15.2 Å². The van der Waals surface area contributed by atoms with Gasteiger partial charge in [0, 0.05) is 62.5 Å². The second kappa shape index (κ2) is 7.91. The number of rotatable bonds is 6. The summed E-state index contributed by atoms with van der Waals surface area (Å²) in [6.07, 6.45) is 1.96. The molecule has 2 aliphatic heterocycles. The van der Waals surface area contributed by atoms with E-state index in [1.54, 1.807) is 14.2 Å². The highest BCUT2D eigenvalue weighted by atomic mass is 16.5. The van der Waals surface area contributed by atoms with Gasteiger partial charge < -0.3 is 25.1 Å². The van der Waals surface area contributed by atoms with Gasteiger partial charge in [-0.1, -0.05) is 6.07 Å². The van der Waals surface area contributed by atoms with Crippen LogP contribution in [0, 0.1) is 11.8 Å². The maximum atomic E-state index is 9.91. The first-order chi connectivity index (χ1) is 12.1. The van der Waals surface area contributed by atoms with E-state index in [1.165, 1.54) is 0 Å². The molecule has 2 unspecified atom stereocenters. The summed E-state index contributed by atoms with van der Waals surface area (Å²) in [7, 11) is 3.32. The van der Waals surface area contributed by atoms with Crippen molar-refractivity contribution in [3.8, 4) is 11.5 Å². The molecule has 2 fully saturated rings. The third kappa shape index (κ3) is 3.77. The summed E-state index contributed by atoms with van der Waals surface area (Å²) < 4.78 is 16.3. The molecule has 2 heterocycles. The lowest BCUT2D eigenvalue weighted by Gasteiger charge is -2.40. The minimum atomic E-state index is -0.349. The second-order valence-electron chi connectivity index (χ2n) is 7.23. The lowest BCUT2D eigenvalue weighted by Crippen LogP contribution is -2.56. The van der Waals surface area contributed by atoms with Crippen molar-refractivity contribution in [2.45, 2.75) is 24.9 Å². The van der Waals surface area contributed by atoms with Crippen molar-refractivity contribution in [3.63, 3.8) is 0 Å². The van der Waals surface area contributed by atoms with Crippen LogP contribution in [0.1, 0.15) is 18.4 Å². The first-order valence-electron chi connectivity index (χ1n) is 9.01. The monoisotopic (exact) mass is 350 g/mol. The van der Waals surface area contributed by atoms with Crippen LogP contribution in [0.5, 0.6) is 11.5 Å². The Morgan fingerprint density at radius 1 is 1.28 bits per heavy atom. The van der Waals surface area contributed by atoms with E-state index in [0.29, 0.717) is 5.92 Å². The first-order valence-corrected chi connectivity index (χ1v) is 9.01. The van der Waals surface area contributed by atoms with Crippen LogP contribution in [0.25, 0.3) is 0 Å². The largest absolute Gasteiger partial charge is 0.497 e. The van der Waals surface area contributed by atoms with E-state index >= 15 is 0 Å². The summed E-state index contributed by atoms with van der Waals surface area (Å²) >= 11 is 0. The third-order valence-corrected chi connectivity index (χ3v) is 5.83. The predicted molar refractivity (Wildman–Crippen MR) is 95.9 cm³/mol. The molecular weight excluding hydrogens is 320 g/mol. The predicted octanol–water partition coefficient (Wildman–Crippen LogP) is 1.25. The van der Waals surface area contributed by atoms with Gasteiger partial charge in [-0.25, -0.2) is 0 Å². The van der Waals surface area contributed by atoms with Crippen LogP contribution in [-0.2, 0) is 11.3 Å². The van der Waals surface area contributed by atoms with Gasteiger partial charge in [-0.05, 0) is 24.8 Å². The van der Waals surface area contributed by atoms with Crippen molar-refractivity contribution >= 4 is 0 Å². The number of ether oxygens (including phenoxy) is 3. The standard InChI is InChI=1S/C19H30N2O4/c1-23-17-4-3-14(18(9-17)24-2)10-21-11-16(12-22)19(20,13-21)15-5-7-25-8-6-15/h3-4,9,15-16,22H,5-8,10-13,20H2,1-2H3. The molecule has 0 aromatic heterocycles. The quantitative estimate of drug-likeness (QED) is 0.804. The minimum absolute atomic E-state index is 0.0971. The van der Waals surface area contributed by atoms with E-state index in [2.05, 4.69) is 4.90 Å². The molecule has 6 nitrogen and oxygen atoms in total. The van der Waals surface area contributed by atoms with Crippen molar-refractivity contribution in [2.24, 2.45) is 17.6 Å².